The second-order valence-corrected chi connectivity index (χ2v) is 8.38. The molecule has 1 atom stereocenters. The van der Waals surface area contributed by atoms with Crippen molar-refractivity contribution in [3.05, 3.63) is 75.6 Å². The van der Waals surface area contributed by atoms with Crippen molar-refractivity contribution >= 4 is 28.6 Å². The van der Waals surface area contributed by atoms with Crippen LogP contribution >= 0.6 is 11.8 Å². The molecule has 0 bridgehead atoms. The minimum atomic E-state index is -0.420. The number of carbonyl (C=O) groups is 1. The van der Waals surface area contributed by atoms with E-state index in [9.17, 15) is 9.59 Å². The maximum atomic E-state index is 13.3. The lowest BCUT2D eigenvalue weighted by atomic mass is 9.98. The molecule has 0 unspecified atom stereocenters. The van der Waals surface area contributed by atoms with E-state index in [1.165, 1.54) is 0 Å². The third-order valence-electron chi connectivity index (χ3n) is 5.31. The highest BCUT2D eigenvalue weighted by molar-refractivity contribution is 7.98. The predicted octanol–water partition coefficient (Wildman–Crippen LogP) is 4.01. The van der Waals surface area contributed by atoms with Gasteiger partial charge in [-0.25, -0.2) is 0 Å². The number of benzene rings is 2. The van der Waals surface area contributed by atoms with Crippen LogP contribution in [0.5, 0.6) is 0 Å². The molecule has 4 rings (SSSR count). The van der Waals surface area contributed by atoms with Crippen LogP contribution < -0.4 is 5.43 Å². The summed E-state index contributed by atoms with van der Waals surface area (Å²) in [5.41, 5.74) is 1.72. The molecule has 1 aliphatic rings. The molecule has 0 radical (unpaired) electrons. The second-order valence-electron chi connectivity index (χ2n) is 7.50. The molecule has 1 amide bonds. The van der Waals surface area contributed by atoms with Crippen LogP contribution in [0.15, 0.2) is 62.6 Å². The lowest BCUT2D eigenvalue weighted by Gasteiger charge is -2.26. The molecule has 1 aliphatic heterocycles. The van der Waals surface area contributed by atoms with Gasteiger partial charge in [0.1, 0.15) is 5.58 Å². The minimum Gasteiger partial charge on any atom is -0.450 e. The maximum absolute atomic E-state index is 13.3. The average Bonchev–Trinajstić information content (AvgIpc) is 3.00. The van der Waals surface area contributed by atoms with E-state index in [0.29, 0.717) is 23.1 Å². The SMILES string of the molecule is CSc1ccc([C@@H]2c3c(oc4ccccc4c3=O)C(=O)N2CCCN(C)C)cc1. The average molecular weight is 409 g/mol. The van der Waals surface area contributed by atoms with Crippen molar-refractivity contribution in [1.82, 2.24) is 9.80 Å². The molecule has 29 heavy (non-hydrogen) atoms. The monoisotopic (exact) mass is 408 g/mol. The van der Waals surface area contributed by atoms with Gasteiger partial charge >= 0.3 is 0 Å². The maximum Gasteiger partial charge on any atom is 0.290 e. The van der Waals surface area contributed by atoms with Crippen molar-refractivity contribution in [2.45, 2.75) is 17.4 Å². The fourth-order valence-corrected chi connectivity index (χ4v) is 4.30. The Balaban J connectivity index is 1.85. The fraction of sp³-hybridized carbons (Fsp3) is 0.304. The van der Waals surface area contributed by atoms with Gasteiger partial charge in [0, 0.05) is 11.4 Å². The summed E-state index contributed by atoms with van der Waals surface area (Å²) >= 11 is 1.66. The summed E-state index contributed by atoms with van der Waals surface area (Å²) in [4.78, 5) is 31.6. The van der Waals surface area contributed by atoms with Gasteiger partial charge in [-0.05, 0) is 63.1 Å². The molecule has 2 heterocycles. The van der Waals surface area contributed by atoms with Crippen LogP contribution in [0.1, 0.15) is 34.1 Å². The van der Waals surface area contributed by atoms with Gasteiger partial charge in [0.05, 0.1) is 17.0 Å². The van der Waals surface area contributed by atoms with Crippen molar-refractivity contribution < 1.29 is 9.21 Å². The Hall–Kier alpha value is -2.57. The number of nitrogens with zero attached hydrogens (tertiary/aromatic N) is 2. The Morgan fingerprint density at radius 1 is 1.07 bits per heavy atom. The number of hydrogen-bond donors (Lipinski definition) is 0. The molecule has 5 nitrogen and oxygen atoms in total. The molecule has 0 N–H and O–H groups in total. The first kappa shape index (κ1) is 19.7. The molecular formula is C23H24N2O3S. The van der Waals surface area contributed by atoms with E-state index in [4.69, 9.17) is 4.42 Å². The van der Waals surface area contributed by atoms with Gasteiger partial charge in [0.25, 0.3) is 5.91 Å². The molecule has 0 aliphatic carbocycles. The van der Waals surface area contributed by atoms with Crippen molar-refractivity contribution in [3.63, 3.8) is 0 Å². The highest BCUT2D eigenvalue weighted by Gasteiger charge is 2.42. The molecule has 0 fully saturated rings. The van der Waals surface area contributed by atoms with Crippen LogP contribution in [-0.2, 0) is 0 Å². The van der Waals surface area contributed by atoms with Crippen molar-refractivity contribution in [3.8, 4) is 0 Å². The topological polar surface area (TPSA) is 53.8 Å². The standard InChI is InChI=1S/C23H24N2O3S/c1-24(2)13-6-14-25-20(15-9-11-16(29-3)12-10-15)19-21(26)17-7-4-5-8-18(17)28-22(19)23(25)27/h4-5,7-12,20H,6,13-14H2,1-3H3/t20-/m1/s1. The normalized spacial score (nSPS) is 16.1. The smallest absolute Gasteiger partial charge is 0.290 e. The Kier molecular flexibility index (Phi) is 5.48. The zero-order valence-electron chi connectivity index (χ0n) is 16.8. The molecule has 2 aromatic carbocycles. The summed E-state index contributed by atoms with van der Waals surface area (Å²) in [5, 5.41) is 0.514. The van der Waals surface area contributed by atoms with Crippen LogP contribution in [0.25, 0.3) is 11.0 Å². The van der Waals surface area contributed by atoms with Gasteiger partial charge in [-0.2, -0.15) is 0 Å². The zero-order valence-corrected chi connectivity index (χ0v) is 17.7. The number of fused-ring (bicyclic) bond motifs is 2. The highest BCUT2D eigenvalue weighted by atomic mass is 32.2. The van der Waals surface area contributed by atoms with E-state index >= 15 is 0 Å². The van der Waals surface area contributed by atoms with Crippen molar-refractivity contribution in [1.29, 1.82) is 0 Å². The summed E-state index contributed by atoms with van der Waals surface area (Å²) in [6.07, 6.45) is 2.84. The third kappa shape index (κ3) is 3.58. The molecule has 1 aromatic heterocycles. The van der Waals surface area contributed by atoms with E-state index in [0.717, 1.165) is 23.4 Å². The van der Waals surface area contributed by atoms with Gasteiger partial charge in [0.15, 0.2) is 5.43 Å². The van der Waals surface area contributed by atoms with E-state index in [2.05, 4.69) is 4.90 Å². The third-order valence-corrected chi connectivity index (χ3v) is 6.05. The quantitative estimate of drug-likeness (QED) is 0.577. The number of thioether (sulfide) groups is 1. The molecule has 3 aromatic rings. The number of carbonyl (C=O) groups excluding carboxylic acids is 1. The van der Waals surface area contributed by atoms with Gasteiger partial charge in [0.2, 0.25) is 5.76 Å². The number of rotatable bonds is 6. The summed E-state index contributed by atoms with van der Waals surface area (Å²) in [5.74, 6) is -0.0296. The van der Waals surface area contributed by atoms with Crippen LogP contribution in [0.2, 0.25) is 0 Å². The van der Waals surface area contributed by atoms with Gasteiger partial charge in [-0.15, -0.1) is 11.8 Å². The fourth-order valence-electron chi connectivity index (χ4n) is 3.89. The van der Waals surface area contributed by atoms with Crippen LogP contribution in [0.4, 0.5) is 0 Å². The number of amides is 1. The highest BCUT2D eigenvalue weighted by Crippen LogP contribution is 2.38. The first-order valence-corrected chi connectivity index (χ1v) is 10.9. The van der Waals surface area contributed by atoms with Crippen LogP contribution in [-0.4, -0.2) is 49.1 Å². The molecule has 0 saturated carbocycles. The summed E-state index contributed by atoms with van der Waals surface area (Å²) in [6, 6.07) is 14.8. The molecular weight excluding hydrogens is 384 g/mol. The van der Waals surface area contributed by atoms with E-state index in [1.54, 1.807) is 28.8 Å². The Labute approximate surface area is 174 Å². The van der Waals surface area contributed by atoms with Gasteiger partial charge < -0.3 is 14.2 Å². The predicted molar refractivity (Wildman–Crippen MR) is 117 cm³/mol. The van der Waals surface area contributed by atoms with Crippen LogP contribution in [0.3, 0.4) is 0 Å². The molecule has 0 saturated heterocycles. The first-order valence-electron chi connectivity index (χ1n) is 9.66. The van der Waals surface area contributed by atoms with E-state index in [-0.39, 0.29) is 17.1 Å². The van der Waals surface area contributed by atoms with Crippen LogP contribution in [0, 0.1) is 0 Å². The molecule has 150 valence electrons. The zero-order chi connectivity index (χ0) is 20.5. The lowest BCUT2D eigenvalue weighted by Crippen LogP contribution is -2.32. The van der Waals surface area contributed by atoms with E-state index in [1.807, 2.05) is 56.7 Å². The van der Waals surface area contributed by atoms with Crippen molar-refractivity contribution in [2.75, 3.05) is 33.4 Å². The summed E-state index contributed by atoms with van der Waals surface area (Å²) < 4.78 is 5.95. The Bertz CT molecular complexity index is 1110. The number of para-hydroxylation sites is 1. The minimum absolute atomic E-state index is 0.121. The Morgan fingerprint density at radius 3 is 2.48 bits per heavy atom. The second kappa shape index (κ2) is 8.05. The van der Waals surface area contributed by atoms with Gasteiger partial charge in [-0.3, -0.25) is 9.59 Å². The first-order chi connectivity index (χ1) is 14.0. The summed E-state index contributed by atoms with van der Waals surface area (Å²) in [7, 11) is 4.02. The molecule has 6 heteroatoms. The van der Waals surface area contributed by atoms with E-state index < -0.39 is 6.04 Å². The number of hydrogen-bond acceptors (Lipinski definition) is 5. The Morgan fingerprint density at radius 2 is 1.79 bits per heavy atom. The summed E-state index contributed by atoms with van der Waals surface area (Å²) in [6.45, 7) is 1.42. The van der Waals surface area contributed by atoms with Crippen molar-refractivity contribution in [2.24, 2.45) is 0 Å². The largest absolute Gasteiger partial charge is 0.450 e. The lowest BCUT2D eigenvalue weighted by molar-refractivity contribution is 0.0722. The van der Waals surface area contributed by atoms with Gasteiger partial charge in [-0.1, -0.05) is 24.3 Å². The molecule has 0 spiro atoms.